The number of pyridine rings is 1. The third-order valence-corrected chi connectivity index (χ3v) is 5.39. The van der Waals surface area contributed by atoms with Crippen molar-refractivity contribution in [2.45, 2.75) is 17.9 Å². The molecule has 0 N–H and O–H groups in total. The van der Waals surface area contributed by atoms with Crippen LogP contribution in [0.2, 0.25) is 0 Å². The standard InChI is InChI=1S/C17H19N3O4S/c1-23-16-7-6-15(11-17(16)24-2)25(21,22)20(10-4-8-18)13-14-5-3-9-19-12-14/h3,5-7,9,11-12H,4,10,13H2,1-2H3. The van der Waals surface area contributed by atoms with Crippen LogP contribution in [0.25, 0.3) is 0 Å². The predicted octanol–water partition coefficient (Wildman–Crippen LogP) is 2.20. The molecule has 2 rings (SSSR count). The number of methoxy groups -OCH3 is 2. The van der Waals surface area contributed by atoms with Gasteiger partial charge in [-0.15, -0.1) is 0 Å². The molecular formula is C17H19N3O4S. The van der Waals surface area contributed by atoms with Gasteiger partial charge in [-0.1, -0.05) is 6.07 Å². The maximum Gasteiger partial charge on any atom is 0.243 e. The van der Waals surface area contributed by atoms with Crippen molar-refractivity contribution < 1.29 is 17.9 Å². The fourth-order valence-corrected chi connectivity index (χ4v) is 3.73. The first kappa shape index (κ1) is 18.7. The van der Waals surface area contributed by atoms with Crippen molar-refractivity contribution in [3.8, 4) is 17.6 Å². The normalized spacial score (nSPS) is 11.1. The number of ether oxygens (including phenoxy) is 2. The van der Waals surface area contributed by atoms with Crippen LogP contribution in [0.5, 0.6) is 11.5 Å². The smallest absolute Gasteiger partial charge is 0.243 e. The molecule has 0 saturated carbocycles. The predicted molar refractivity (Wildman–Crippen MR) is 91.6 cm³/mol. The quantitative estimate of drug-likeness (QED) is 0.716. The van der Waals surface area contributed by atoms with E-state index in [-0.39, 0.29) is 24.4 Å². The molecule has 0 aliphatic rings. The molecule has 7 nitrogen and oxygen atoms in total. The number of sulfonamides is 1. The Labute approximate surface area is 147 Å². The Morgan fingerprint density at radius 2 is 1.96 bits per heavy atom. The average Bonchev–Trinajstić information content (AvgIpc) is 2.65. The molecule has 1 aromatic heterocycles. The average molecular weight is 361 g/mol. The number of hydrogen-bond acceptors (Lipinski definition) is 6. The number of aromatic nitrogens is 1. The number of benzene rings is 1. The summed E-state index contributed by atoms with van der Waals surface area (Å²) in [5, 5.41) is 8.85. The van der Waals surface area contributed by atoms with E-state index in [1.54, 1.807) is 24.5 Å². The van der Waals surface area contributed by atoms with E-state index in [9.17, 15) is 8.42 Å². The molecule has 8 heteroatoms. The molecule has 0 fully saturated rings. The van der Waals surface area contributed by atoms with E-state index in [2.05, 4.69) is 4.98 Å². The van der Waals surface area contributed by atoms with Gasteiger partial charge in [-0.05, 0) is 23.8 Å². The summed E-state index contributed by atoms with van der Waals surface area (Å²) in [6, 6.07) is 9.92. The lowest BCUT2D eigenvalue weighted by molar-refractivity contribution is 0.353. The van der Waals surface area contributed by atoms with E-state index in [1.165, 1.54) is 36.7 Å². The van der Waals surface area contributed by atoms with Crippen LogP contribution < -0.4 is 9.47 Å². The Balaban J connectivity index is 2.39. The molecule has 0 amide bonds. The van der Waals surface area contributed by atoms with E-state index in [0.29, 0.717) is 11.5 Å². The summed E-state index contributed by atoms with van der Waals surface area (Å²) in [6.45, 7) is 0.217. The maximum atomic E-state index is 13.0. The fraction of sp³-hybridized carbons (Fsp3) is 0.294. The molecule has 0 atom stereocenters. The Morgan fingerprint density at radius 1 is 1.20 bits per heavy atom. The van der Waals surface area contributed by atoms with Crippen molar-refractivity contribution in [3.63, 3.8) is 0 Å². The first-order chi connectivity index (χ1) is 12.0. The second-order valence-corrected chi connectivity index (χ2v) is 7.06. The molecule has 0 aliphatic carbocycles. The summed E-state index contributed by atoms with van der Waals surface area (Å²) in [5.74, 6) is 0.766. The Hall–Kier alpha value is -2.63. The maximum absolute atomic E-state index is 13.0. The summed E-state index contributed by atoms with van der Waals surface area (Å²) < 4.78 is 37.6. The molecular weight excluding hydrogens is 342 g/mol. The lowest BCUT2D eigenvalue weighted by Crippen LogP contribution is -2.31. The molecule has 0 unspecified atom stereocenters. The van der Waals surface area contributed by atoms with Crippen LogP contribution in [-0.4, -0.2) is 38.5 Å². The number of rotatable bonds is 8. The summed E-state index contributed by atoms with van der Waals surface area (Å²) in [7, 11) is -0.889. The minimum absolute atomic E-state index is 0.0759. The summed E-state index contributed by atoms with van der Waals surface area (Å²) >= 11 is 0. The molecule has 1 heterocycles. The second kappa shape index (κ2) is 8.46. The second-order valence-electron chi connectivity index (χ2n) is 5.12. The van der Waals surface area contributed by atoms with Gasteiger partial charge in [0.15, 0.2) is 11.5 Å². The van der Waals surface area contributed by atoms with Gasteiger partial charge in [0.1, 0.15) is 0 Å². The van der Waals surface area contributed by atoms with Gasteiger partial charge in [-0.3, -0.25) is 4.98 Å². The van der Waals surface area contributed by atoms with Gasteiger partial charge in [-0.25, -0.2) is 8.42 Å². The van der Waals surface area contributed by atoms with Crippen LogP contribution in [0.3, 0.4) is 0 Å². The van der Waals surface area contributed by atoms with E-state index in [0.717, 1.165) is 5.56 Å². The molecule has 0 aliphatic heterocycles. The summed E-state index contributed by atoms with van der Waals surface area (Å²) in [4.78, 5) is 4.08. The number of hydrogen-bond donors (Lipinski definition) is 0. The lowest BCUT2D eigenvalue weighted by atomic mass is 10.3. The van der Waals surface area contributed by atoms with Crippen LogP contribution in [0, 0.1) is 11.3 Å². The summed E-state index contributed by atoms with van der Waals surface area (Å²) in [5.41, 5.74) is 0.740. The zero-order valence-corrected chi connectivity index (χ0v) is 14.9. The monoisotopic (exact) mass is 361 g/mol. The SMILES string of the molecule is COc1ccc(S(=O)(=O)N(CCC#N)Cc2cccnc2)cc1OC. The highest BCUT2D eigenvalue weighted by Gasteiger charge is 2.25. The molecule has 0 saturated heterocycles. The zero-order chi connectivity index (χ0) is 18.3. The molecule has 2 aromatic rings. The van der Waals surface area contributed by atoms with Crippen LogP contribution in [0.1, 0.15) is 12.0 Å². The van der Waals surface area contributed by atoms with Crippen molar-refractivity contribution >= 4 is 10.0 Å². The van der Waals surface area contributed by atoms with Gasteiger partial charge in [0.25, 0.3) is 0 Å². The highest BCUT2D eigenvalue weighted by atomic mass is 32.2. The van der Waals surface area contributed by atoms with Crippen molar-refractivity contribution in [1.29, 1.82) is 5.26 Å². The van der Waals surface area contributed by atoms with Crippen molar-refractivity contribution in [2.24, 2.45) is 0 Å². The van der Waals surface area contributed by atoms with Gasteiger partial charge in [0.2, 0.25) is 10.0 Å². The minimum atomic E-state index is -3.81. The van der Waals surface area contributed by atoms with E-state index in [1.807, 2.05) is 6.07 Å². The van der Waals surface area contributed by atoms with Gasteiger partial charge in [-0.2, -0.15) is 9.57 Å². The number of nitriles is 1. The van der Waals surface area contributed by atoms with Gasteiger partial charge in [0, 0.05) is 38.0 Å². The van der Waals surface area contributed by atoms with Crippen LogP contribution in [0.4, 0.5) is 0 Å². The molecule has 0 radical (unpaired) electrons. The van der Waals surface area contributed by atoms with Crippen molar-refractivity contribution in [1.82, 2.24) is 9.29 Å². The van der Waals surface area contributed by atoms with Crippen LogP contribution in [0.15, 0.2) is 47.6 Å². The first-order valence-corrected chi connectivity index (χ1v) is 8.95. The number of nitrogens with zero attached hydrogens (tertiary/aromatic N) is 3. The lowest BCUT2D eigenvalue weighted by Gasteiger charge is -2.21. The largest absolute Gasteiger partial charge is 0.493 e. The Kier molecular flexibility index (Phi) is 6.33. The molecule has 132 valence electrons. The molecule has 25 heavy (non-hydrogen) atoms. The minimum Gasteiger partial charge on any atom is -0.493 e. The summed E-state index contributed by atoms with van der Waals surface area (Å²) in [6.07, 6.45) is 3.31. The van der Waals surface area contributed by atoms with E-state index >= 15 is 0 Å². The van der Waals surface area contributed by atoms with Gasteiger partial charge >= 0.3 is 0 Å². The molecule has 1 aromatic carbocycles. The van der Waals surface area contributed by atoms with E-state index in [4.69, 9.17) is 14.7 Å². The van der Waals surface area contributed by atoms with Crippen LogP contribution >= 0.6 is 0 Å². The topological polar surface area (TPSA) is 92.5 Å². The first-order valence-electron chi connectivity index (χ1n) is 7.51. The third kappa shape index (κ3) is 4.47. The Morgan fingerprint density at radius 3 is 2.56 bits per heavy atom. The van der Waals surface area contributed by atoms with Crippen molar-refractivity contribution in [2.75, 3.05) is 20.8 Å². The van der Waals surface area contributed by atoms with Gasteiger partial charge in [0.05, 0.1) is 25.2 Å². The highest BCUT2D eigenvalue weighted by molar-refractivity contribution is 7.89. The molecule has 0 spiro atoms. The Bertz CT molecular complexity index is 848. The van der Waals surface area contributed by atoms with E-state index < -0.39 is 10.0 Å². The zero-order valence-electron chi connectivity index (χ0n) is 14.0. The fourth-order valence-electron chi connectivity index (χ4n) is 2.28. The van der Waals surface area contributed by atoms with Gasteiger partial charge < -0.3 is 9.47 Å². The third-order valence-electron chi connectivity index (χ3n) is 3.55. The molecule has 0 bridgehead atoms. The van der Waals surface area contributed by atoms with Crippen LogP contribution in [-0.2, 0) is 16.6 Å². The van der Waals surface area contributed by atoms with Crippen molar-refractivity contribution in [3.05, 3.63) is 48.3 Å². The highest BCUT2D eigenvalue weighted by Crippen LogP contribution is 2.31.